The monoisotopic (exact) mass is 488 g/mol. The van der Waals surface area contributed by atoms with E-state index in [1.54, 1.807) is 18.3 Å². The normalized spacial score (nSPS) is 16.2. The quantitative estimate of drug-likeness (QED) is 0.606. The van der Waals surface area contributed by atoms with Crippen molar-refractivity contribution in [3.8, 4) is 0 Å². The molecule has 1 aliphatic heterocycles. The minimum Gasteiger partial charge on any atom is -0.356 e. The summed E-state index contributed by atoms with van der Waals surface area (Å²) in [4.78, 5) is 12.6. The zero-order valence-electron chi connectivity index (χ0n) is 15.2. The molecule has 1 aliphatic rings. The first kappa shape index (κ1) is 21.3. The molecule has 2 heterocycles. The first-order chi connectivity index (χ1) is 13.4. The van der Waals surface area contributed by atoms with Gasteiger partial charge in [0.25, 0.3) is 0 Å². The maximum atomic E-state index is 12.7. The Hall–Kier alpha value is -1.42. The number of piperidine rings is 1. The highest BCUT2D eigenvalue weighted by atomic mass is 79.9. The molecule has 1 saturated heterocycles. The summed E-state index contributed by atoms with van der Waals surface area (Å²) in [5.74, 6) is -0.166. The second-order valence-corrected chi connectivity index (χ2v) is 9.99. The molecule has 2 aromatic rings. The van der Waals surface area contributed by atoms with Gasteiger partial charge in [-0.1, -0.05) is 11.6 Å². The van der Waals surface area contributed by atoms with Crippen LogP contribution >= 0.6 is 27.5 Å². The minimum atomic E-state index is -3.55. The van der Waals surface area contributed by atoms with Crippen LogP contribution in [0.1, 0.15) is 19.3 Å². The van der Waals surface area contributed by atoms with Gasteiger partial charge < -0.3 is 5.32 Å². The molecule has 1 amide bonds. The maximum absolute atomic E-state index is 12.7. The Bertz CT molecular complexity index is 909. The van der Waals surface area contributed by atoms with Gasteiger partial charge in [-0.25, -0.2) is 8.42 Å². The average Bonchev–Trinajstić information content (AvgIpc) is 3.10. The first-order valence-electron chi connectivity index (χ1n) is 9.07. The van der Waals surface area contributed by atoms with Crippen molar-refractivity contribution in [2.24, 2.45) is 5.92 Å². The third kappa shape index (κ3) is 5.34. The van der Waals surface area contributed by atoms with Crippen LogP contribution in [-0.2, 0) is 21.4 Å². The molecule has 0 aliphatic carbocycles. The summed E-state index contributed by atoms with van der Waals surface area (Å²) in [5.41, 5.74) is 0. The summed E-state index contributed by atoms with van der Waals surface area (Å²) in [5, 5.41) is 7.61. The minimum absolute atomic E-state index is 0.00909. The molecule has 1 aromatic carbocycles. The fraction of sp³-hybridized carbons (Fsp3) is 0.444. The van der Waals surface area contributed by atoms with E-state index >= 15 is 0 Å². The molecule has 152 valence electrons. The molecule has 1 N–H and O–H groups in total. The maximum Gasteiger partial charge on any atom is 0.243 e. The van der Waals surface area contributed by atoms with E-state index in [2.05, 4.69) is 26.3 Å². The van der Waals surface area contributed by atoms with Crippen LogP contribution in [0.4, 0.5) is 0 Å². The van der Waals surface area contributed by atoms with E-state index in [0.717, 1.165) is 17.4 Å². The summed E-state index contributed by atoms with van der Waals surface area (Å²) in [7, 11) is -3.55. The van der Waals surface area contributed by atoms with E-state index in [1.807, 2.05) is 10.9 Å². The molecule has 0 bridgehead atoms. The van der Waals surface area contributed by atoms with Crippen molar-refractivity contribution in [1.82, 2.24) is 19.4 Å². The number of rotatable bonds is 7. The fourth-order valence-electron chi connectivity index (χ4n) is 3.17. The zero-order valence-corrected chi connectivity index (χ0v) is 18.4. The van der Waals surface area contributed by atoms with E-state index in [1.165, 1.54) is 16.4 Å². The lowest BCUT2D eigenvalue weighted by Gasteiger charge is -2.30. The molecular formula is C18H22BrClN4O3S. The Morgan fingerprint density at radius 1 is 1.25 bits per heavy atom. The predicted molar refractivity (Wildman–Crippen MR) is 110 cm³/mol. The van der Waals surface area contributed by atoms with Gasteiger partial charge in [0.05, 0.1) is 15.6 Å². The summed E-state index contributed by atoms with van der Waals surface area (Å²) in [6, 6.07) is 6.15. The molecule has 0 radical (unpaired) electrons. The molecular weight excluding hydrogens is 468 g/mol. The summed E-state index contributed by atoms with van der Waals surface area (Å²) in [6.07, 6.45) is 5.43. The van der Waals surface area contributed by atoms with E-state index in [9.17, 15) is 13.2 Å². The second-order valence-electron chi connectivity index (χ2n) is 6.70. The van der Waals surface area contributed by atoms with Crippen LogP contribution in [0.3, 0.4) is 0 Å². The highest BCUT2D eigenvalue weighted by Gasteiger charge is 2.31. The number of nitrogens with zero attached hydrogens (tertiary/aromatic N) is 3. The van der Waals surface area contributed by atoms with Gasteiger partial charge in [0.15, 0.2) is 0 Å². The van der Waals surface area contributed by atoms with Crippen LogP contribution < -0.4 is 5.32 Å². The van der Waals surface area contributed by atoms with Crippen molar-refractivity contribution in [3.63, 3.8) is 0 Å². The largest absolute Gasteiger partial charge is 0.356 e. The molecule has 1 fully saturated rings. The van der Waals surface area contributed by atoms with Crippen molar-refractivity contribution >= 4 is 43.5 Å². The van der Waals surface area contributed by atoms with Crippen molar-refractivity contribution < 1.29 is 13.2 Å². The molecule has 7 nitrogen and oxygen atoms in total. The number of aryl methyl sites for hydroxylation is 1. The third-order valence-corrected chi connectivity index (χ3v) is 7.32. The molecule has 0 unspecified atom stereocenters. The topological polar surface area (TPSA) is 84.3 Å². The molecule has 28 heavy (non-hydrogen) atoms. The van der Waals surface area contributed by atoms with Crippen LogP contribution in [0.5, 0.6) is 0 Å². The Morgan fingerprint density at radius 3 is 2.54 bits per heavy atom. The van der Waals surface area contributed by atoms with Crippen molar-refractivity contribution in [3.05, 3.63) is 46.2 Å². The lowest BCUT2D eigenvalue weighted by atomic mass is 9.97. The second kappa shape index (κ2) is 9.39. The van der Waals surface area contributed by atoms with E-state index in [4.69, 9.17) is 11.6 Å². The Morgan fingerprint density at radius 2 is 1.93 bits per heavy atom. The van der Waals surface area contributed by atoms with Crippen molar-refractivity contribution in [2.45, 2.75) is 30.7 Å². The summed E-state index contributed by atoms with van der Waals surface area (Å²) in [6.45, 7) is 1.97. The average molecular weight is 490 g/mol. The lowest BCUT2D eigenvalue weighted by Crippen LogP contribution is -2.43. The van der Waals surface area contributed by atoms with E-state index < -0.39 is 10.0 Å². The number of halogens is 2. The Kier molecular flexibility index (Phi) is 7.14. The van der Waals surface area contributed by atoms with Gasteiger partial charge in [-0.3, -0.25) is 9.48 Å². The number of hydrogen-bond acceptors (Lipinski definition) is 4. The van der Waals surface area contributed by atoms with Crippen LogP contribution in [-0.4, -0.2) is 48.0 Å². The highest BCUT2D eigenvalue weighted by Crippen LogP contribution is 2.24. The SMILES string of the molecule is O=C(NCCCn1cc(Br)cn1)C1CCN(S(=O)(=O)c2ccc(Cl)cc2)CC1. The molecule has 0 saturated carbocycles. The van der Waals surface area contributed by atoms with Crippen LogP contribution in [0, 0.1) is 5.92 Å². The standard InChI is InChI=1S/C18H22BrClN4O3S/c19-15-12-22-23(13-15)9-1-8-21-18(25)14-6-10-24(11-7-14)28(26,27)17-4-2-16(20)3-5-17/h2-5,12-14H,1,6-11H2,(H,21,25). The molecule has 10 heteroatoms. The zero-order chi connectivity index (χ0) is 20.1. The first-order valence-corrected chi connectivity index (χ1v) is 11.7. The number of carbonyl (C=O) groups is 1. The number of hydrogen-bond donors (Lipinski definition) is 1. The van der Waals surface area contributed by atoms with Gasteiger partial charge in [-0.05, 0) is 59.5 Å². The predicted octanol–water partition coefficient (Wildman–Crippen LogP) is 2.91. The van der Waals surface area contributed by atoms with Gasteiger partial charge in [-0.15, -0.1) is 0 Å². The number of carbonyl (C=O) groups excluding carboxylic acids is 1. The van der Waals surface area contributed by atoms with Gasteiger partial charge in [0.2, 0.25) is 15.9 Å². The summed E-state index contributed by atoms with van der Waals surface area (Å²) < 4.78 is 29.6. The third-order valence-electron chi connectivity index (χ3n) is 4.74. The summed E-state index contributed by atoms with van der Waals surface area (Å²) >= 11 is 9.18. The number of amides is 1. The molecule has 0 spiro atoms. The van der Waals surface area contributed by atoms with Gasteiger partial charge in [-0.2, -0.15) is 9.40 Å². The van der Waals surface area contributed by atoms with Crippen LogP contribution in [0.15, 0.2) is 46.0 Å². The van der Waals surface area contributed by atoms with E-state index in [-0.39, 0.29) is 16.7 Å². The van der Waals surface area contributed by atoms with Crippen LogP contribution in [0.25, 0.3) is 0 Å². The smallest absolute Gasteiger partial charge is 0.243 e. The fourth-order valence-corrected chi connectivity index (χ4v) is 5.10. The van der Waals surface area contributed by atoms with Gasteiger partial charge in [0.1, 0.15) is 0 Å². The van der Waals surface area contributed by atoms with Gasteiger partial charge in [0, 0.05) is 43.3 Å². The van der Waals surface area contributed by atoms with Gasteiger partial charge >= 0.3 is 0 Å². The van der Waals surface area contributed by atoms with Crippen molar-refractivity contribution in [2.75, 3.05) is 19.6 Å². The molecule has 3 rings (SSSR count). The Balaban J connectivity index is 1.44. The number of benzene rings is 1. The molecule has 1 aromatic heterocycles. The number of sulfonamides is 1. The highest BCUT2D eigenvalue weighted by molar-refractivity contribution is 9.10. The molecule has 0 atom stereocenters. The number of nitrogens with one attached hydrogen (secondary N) is 1. The Labute approximate surface area is 178 Å². The number of aromatic nitrogens is 2. The lowest BCUT2D eigenvalue weighted by molar-refractivity contribution is -0.126. The van der Waals surface area contributed by atoms with Crippen LogP contribution in [0.2, 0.25) is 5.02 Å². The van der Waals surface area contributed by atoms with Crippen molar-refractivity contribution in [1.29, 1.82) is 0 Å². The van der Waals surface area contributed by atoms with E-state index in [0.29, 0.717) is 37.5 Å².